The molecule has 0 saturated heterocycles. The van der Waals surface area contributed by atoms with E-state index in [0.29, 0.717) is 16.0 Å². The van der Waals surface area contributed by atoms with Crippen LogP contribution in [0.1, 0.15) is 5.56 Å². The van der Waals surface area contributed by atoms with Gasteiger partial charge in [-0.05, 0) is 17.1 Å². The van der Waals surface area contributed by atoms with Crippen LogP contribution in [-0.2, 0) is 16.0 Å². The number of carbonyl (C=O) groups is 1. The predicted molar refractivity (Wildman–Crippen MR) is 57.0 cm³/mol. The molecule has 0 spiro atoms. The van der Waals surface area contributed by atoms with E-state index >= 15 is 0 Å². The van der Waals surface area contributed by atoms with Gasteiger partial charge in [-0.15, -0.1) is 0 Å². The average molecular weight is 228 g/mol. The number of carbonyl (C=O) groups excluding carboxylic acids is 1. The van der Waals surface area contributed by atoms with Crippen molar-refractivity contribution >= 4 is 30.2 Å². The Balaban J connectivity index is 2.95. The van der Waals surface area contributed by atoms with Gasteiger partial charge in [0.15, 0.2) is 0 Å². The Kier molecular flexibility index (Phi) is 4.14. The lowest BCUT2D eigenvalue weighted by atomic mass is 9.79. The van der Waals surface area contributed by atoms with E-state index in [9.17, 15) is 4.79 Å². The normalized spacial score (nSPS) is 9.87. The molecule has 0 bridgehead atoms. The number of hydrogen-bond donors (Lipinski definition) is 2. The van der Waals surface area contributed by atoms with Gasteiger partial charge in [-0.1, -0.05) is 23.7 Å². The van der Waals surface area contributed by atoms with Gasteiger partial charge in [-0.25, -0.2) is 0 Å². The van der Waals surface area contributed by atoms with Crippen molar-refractivity contribution in [2.45, 2.75) is 6.42 Å². The van der Waals surface area contributed by atoms with E-state index in [0.717, 1.165) is 0 Å². The van der Waals surface area contributed by atoms with E-state index in [-0.39, 0.29) is 6.42 Å². The van der Waals surface area contributed by atoms with Crippen molar-refractivity contribution in [3.8, 4) is 0 Å². The van der Waals surface area contributed by atoms with Gasteiger partial charge in [0.05, 0.1) is 13.5 Å². The molecule has 0 fully saturated rings. The molecule has 0 aliphatic carbocycles. The molecule has 0 unspecified atom stereocenters. The van der Waals surface area contributed by atoms with Crippen molar-refractivity contribution in [2.75, 3.05) is 7.11 Å². The molecule has 0 amide bonds. The van der Waals surface area contributed by atoms with Crippen molar-refractivity contribution in [2.24, 2.45) is 0 Å². The average Bonchev–Trinajstić information content (AvgIpc) is 2.20. The fourth-order valence-electron chi connectivity index (χ4n) is 1.12. The van der Waals surface area contributed by atoms with Crippen LogP contribution in [0.4, 0.5) is 0 Å². The Bertz CT molecular complexity index is 367. The van der Waals surface area contributed by atoms with Crippen molar-refractivity contribution in [3.63, 3.8) is 0 Å². The number of ether oxygens (including phenoxy) is 1. The first-order valence-electron chi connectivity index (χ1n) is 4.26. The maximum atomic E-state index is 11.0. The minimum absolute atomic E-state index is 0.00981. The van der Waals surface area contributed by atoms with Crippen LogP contribution in [0.2, 0.25) is 5.02 Å². The third-order valence-corrected chi connectivity index (χ3v) is 2.30. The summed E-state index contributed by atoms with van der Waals surface area (Å²) in [5.41, 5.74) is 0.799. The minimum Gasteiger partial charge on any atom is -0.469 e. The van der Waals surface area contributed by atoms with Crippen LogP contribution in [0.5, 0.6) is 0 Å². The molecule has 2 N–H and O–H groups in total. The summed E-state index contributed by atoms with van der Waals surface area (Å²) >= 11 is 5.83. The molecule has 0 radical (unpaired) electrons. The third kappa shape index (κ3) is 3.23. The first-order chi connectivity index (χ1) is 7.04. The van der Waals surface area contributed by atoms with Crippen molar-refractivity contribution < 1.29 is 19.6 Å². The summed E-state index contributed by atoms with van der Waals surface area (Å²) < 4.78 is 4.49. The maximum Gasteiger partial charge on any atom is 0.488 e. The number of methoxy groups -OCH3 is 1. The van der Waals surface area contributed by atoms with Crippen LogP contribution in [0.25, 0.3) is 0 Å². The molecule has 4 nitrogen and oxygen atoms in total. The number of esters is 1. The Morgan fingerprint density at radius 3 is 2.73 bits per heavy atom. The molecule has 80 valence electrons. The highest BCUT2D eigenvalue weighted by Crippen LogP contribution is 2.15. The number of halogens is 1. The van der Waals surface area contributed by atoms with Crippen LogP contribution in [0, 0.1) is 0 Å². The smallest absolute Gasteiger partial charge is 0.469 e. The number of hydrogen-bond acceptors (Lipinski definition) is 4. The molecule has 0 aliphatic rings. The lowest BCUT2D eigenvalue weighted by molar-refractivity contribution is -0.139. The Morgan fingerprint density at radius 2 is 2.20 bits per heavy atom. The molecule has 0 saturated carbocycles. The summed E-state index contributed by atoms with van der Waals surface area (Å²) in [6, 6.07) is 4.45. The third-order valence-electron chi connectivity index (χ3n) is 1.93. The summed E-state index contributed by atoms with van der Waals surface area (Å²) in [4.78, 5) is 11.0. The van der Waals surface area contributed by atoms with Gasteiger partial charge < -0.3 is 14.8 Å². The van der Waals surface area contributed by atoms with Gasteiger partial charge in [-0.2, -0.15) is 0 Å². The number of benzene rings is 1. The van der Waals surface area contributed by atoms with Gasteiger partial charge >= 0.3 is 13.1 Å². The zero-order valence-corrected chi connectivity index (χ0v) is 8.86. The second kappa shape index (κ2) is 5.16. The highest BCUT2D eigenvalue weighted by atomic mass is 35.5. The van der Waals surface area contributed by atoms with Crippen LogP contribution in [0.3, 0.4) is 0 Å². The van der Waals surface area contributed by atoms with Gasteiger partial charge in [0.2, 0.25) is 0 Å². The first-order valence-corrected chi connectivity index (χ1v) is 4.63. The lowest BCUT2D eigenvalue weighted by Crippen LogP contribution is -2.30. The molecular formula is C9H10BClO4. The van der Waals surface area contributed by atoms with Crippen molar-refractivity contribution in [3.05, 3.63) is 28.8 Å². The van der Waals surface area contributed by atoms with E-state index in [1.807, 2.05) is 0 Å². The minimum atomic E-state index is -1.57. The molecule has 1 rings (SSSR count). The molecule has 1 aromatic carbocycles. The van der Waals surface area contributed by atoms with E-state index in [4.69, 9.17) is 21.6 Å². The van der Waals surface area contributed by atoms with Gasteiger partial charge in [0.25, 0.3) is 0 Å². The first kappa shape index (κ1) is 12.0. The van der Waals surface area contributed by atoms with E-state index in [2.05, 4.69) is 4.74 Å². The number of rotatable bonds is 3. The van der Waals surface area contributed by atoms with Crippen LogP contribution in [0.15, 0.2) is 18.2 Å². The summed E-state index contributed by atoms with van der Waals surface area (Å²) in [7, 11) is -0.292. The molecule has 6 heteroatoms. The monoisotopic (exact) mass is 228 g/mol. The van der Waals surface area contributed by atoms with Crippen molar-refractivity contribution in [1.29, 1.82) is 0 Å². The summed E-state index contributed by atoms with van der Waals surface area (Å²) in [6.07, 6.45) is 0.00981. The van der Waals surface area contributed by atoms with E-state index in [1.54, 1.807) is 0 Å². The Labute approximate surface area is 92.6 Å². The highest BCUT2D eigenvalue weighted by Gasteiger charge is 2.14. The zero-order valence-electron chi connectivity index (χ0n) is 8.11. The fourth-order valence-corrected chi connectivity index (χ4v) is 1.30. The summed E-state index contributed by atoms with van der Waals surface area (Å²) in [6.45, 7) is 0. The molecule has 0 aliphatic heterocycles. The molecule has 0 aromatic heterocycles. The standard InChI is InChI=1S/C9H10BClO4/c1-15-9(12)5-6-4-7(10(13)14)2-3-8(6)11/h2-4,13-14H,5H2,1H3. The van der Waals surface area contributed by atoms with E-state index in [1.165, 1.54) is 25.3 Å². The topological polar surface area (TPSA) is 66.8 Å². The predicted octanol–water partition coefficient (Wildman–Crippen LogP) is -0.265. The van der Waals surface area contributed by atoms with Crippen molar-refractivity contribution in [1.82, 2.24) is 0 Å². The van der Waals surface area contributed by atoms with Crippen LogP contribution < -0.4 is 5.46 Å². The van der Waals surface area contributed by atoms with Gasteiger partial charge in [0.1, 0.15) is 0 Å². The maximum absolute atomic E-state index is 11.0. The molecule has 0 atom stereocenters. The van der Waals surface area contributed by atoms with Crippen LogP contribution >= 0.6 is 11.6 Å². The zero-order chi connectivity index (χ0) is 11.4. The van der Waals surface area contributed by atoms with E-state index < -0.39 is 13.1 Å². The Morgan fingerprint density at radius 1 is 1.53 bits per heavy atom. The highest BCUT2D eigenvalue weighted by molar-refractivity contribution is 6.58. The fraction of sp³-hybridized carbons (Fsp3) is 0.222. The molecular weight excluding hydrogens is 218 g/mol. The summed E-state index contributed by atoms with van der Waals surface area (Å²) in [5, 5.41) is 18.2. The SMILES string of the molecule is COC(=O)Cc1cc(B(O)O)ccc1Cl. The Hall–Kier alpha value is -1.04. The second-order valence-corrected chi connectivity index (χ2v) is 3.38. The van der Waals surface area contributed by atoms with Gasteiger partial charge in [0, 0.05) is 5.02 Å². The molecule has 15 heavy (non-hydrogen) atoms. The second-order valence-electron chi connectivity index (χ2n) is 2.98. The summed E-state index contributed by atoms with van der Waals surface area (Å²) in [5.74, 6) is -0.429. The van der Waals surface area contributed by atoms with Crippen LogP contribution in [-0.4, -0.2) is 30.2 Å². The molecule has 1 aromatic rings. The quantitative estimate of drug-likeness (QED) is 0.552. The lowest BCUT2D eigenvalue weighted by Gasteiger charge is -2.06. The molecule has 0 heterocycles. The largest absolute Gasteiger partial charge is 0.488 e. The van der Waals surface area contributed by atoms with Gasteiger partial charge in [-0.3, -0.25) is 4.79 Å².